The molecule has 0 radical (unpaired) electrons. The summed E-state index contributed by atoms with van der Waals surface area (Å²) in [7, 11) is 0. The minimum absolute atomic E-state index is 0.0694. The van der Waals surface area contributed by atoms with Crippen LogP contribution in [0, 0.1) is 12.7 Å². The van der Waals surface area contributed by atoms with Gasteiger partial charge in [0.25, 0.3) is 0 Å². The number of benzene rings is 1. The van der Waals surface area contributed by atoms with Crippen molar-refractivity contribution in [2.75, 3.05) is 0 Å². The molecule has 0 fully saturated rings. The molecule has 0 unspecified atom stereocenters. The van der Waals surface area contributed by atoms with Crippen molar-refractivity contribution in [3.05, 3.63) is 64.6 Å². The predicted octanol–water partition coefficient (Wildman–Crippen LogP) is 4.21. The van der Waals surface area contributed by atoms with E-state index in [2.05, 4.69) is 5.16 Å². The molecule has 0 saturated heterocycles. The lowest BCUT2D eigenvalue weighted by Crippen LogP contribution is -2.03. The van der Waals surface area contributed by atoms with E-state index in [1.54, 1.807) is 31.2 Å². The van der Waals surface area contributed by atoms with Gasteiger partial charge in [0.05, 0.1) is 0 Å². The number of aryl methyl sites for hydroxylation is 1. The van der Waals surface area contributed by atoms with Gasteiger partial charge < -0.3 is 9.26 Å². The van der Waals surface area contributed by atoms with Crippen LogP contribution in [0.5, 0.6) is 0 Å². The summed E-state index contributed by atoms with van der Waals surface area (Å²) >= 11 is 1.30. The first-order valence-corrected chi connectivity index (χ1v) is 7.38. The number of nitrogens with zero attached hydrogens (tertiary/aromatic N) is 1. The molecule has 4 nitrogen and oxygen atoms in total. The molecule has 3 rings (SSSR count). The molecule has 3 aromatic rings. The second-order valence-electron chi connectivity index (χ2n) is 4.68. The van der Waals surface area contributed by atoms with Gasteiger partial charge in [-0.3, -0.25) is 0 Å². The molecule has 0 spiro atoms. The number of esters is 1. The molecule has 0 saturated carbocycles. The molecule has 0 amide bonds. The summed E-state index contributed by atoms with van der Waals surface area (Å²) in [5.74, 6) is -0.0392. The van der Waals surface area contributed by atoms with Crippen molar-refractivity contribution in [2.24, 2.45) is 0 Å². The van der Waals surface area contributed by atoms with E-state index in [0.29, 0.717) is 16.3 Å². The van der Waals surface area contributed by atoms with Gasteiger partial charge in [-0.2, -0.15) is 0 Å². The molecule has 0 bridgehead atoms. The fourth-order valence-corrected chi connectivity index (χ4v) is 2.82. The molecule has 112 valence electrons. The predicted molar refractivity (Wildman–Crippen MR) is 80.1 cm³/mol. The Morgan fingerprint density at radius 1 is 1.27 bits per heavy atom. The lowest BCUT2D eigenvalue weighted by Gasteiger charge is -1.99. The molecule has 0 aliphatic heterocycles. The monoisotopic (exact) mass is 317 g/mol. The van der Waals surface area contributed by atoms with Crippen LogP contribution in [0.2, 0.25) is 0 Å². The summed E-state index contributed by atoms with van der Waals surface area (Å²) < 4.78 is 23.0. The van der Waals surface area contributed by atoms with Crippen molar-refractivity contribution in [1.29, 1.82) is 0 Å². The summed E-state index contributed by atoms with van der Waals surface area (Å²) in [6.07, 6.45) is 0. The maximum absolute atomic E-state index is 12.9. The second-order valence-corrected chi connectivity index (χ2v) is 5.76. The lowest BCUT2D eigenvalue weighted by atomic mass is 10.2. The van der Waals surface area contributed by atoms with Gasteiger partial charge in [0, 0.05) is 10.9 Å². The van der Waals surface area contributed by atoms with Crippen LogP contribution in [-0.2, 0) is 11.3 Å². The third-order valence-electron chi connectivity index (χ3n) is 2.96. The number of thiophene rings is 1. The molecule has 0 aliphatic rings. The molecule has 2 aromatic heterocycles. The van der Waals surface area contributed by atoms with E-state index in [-0.39, 0.29) is 12.4 Å². The third kappa shape index (κ3) is 3.23. The minimum atomic E-state index is -0.418. The smallest absolute Gasteiger partial charge is 0.348 e. The number of hydrogen-bond donors (Lipinski definition) is 0. The number of rotatable bonds is 4. The standard InChI is InChI=1S/C16H12FNO3S/c1-10-8-13(18-21-10)9-20-16(19)15-7-6-14(22-15)11-2-4-12(17)5-3-11/h2-8H,9H2,1H3. The maximum atomic E-state index is 12.9. The topological polar surface area (TPSA) is 52.3 Å². The van der Waals surface area contributed by atoms with Gasteiger partial charge in [0.15, 0.2) is 0 Å². The maximum Gasteiger partial charge on any atom is 0.348 e. The molecular weight excluding hydrogens is 305 g/mol. The van der Waals surface area contributed by atoms with Crippen LogP contribution in [0.15, 0.2) is 47.0 Å². The lowest BCUT2D eigenvalue weighted by molar-refractivity contribution is 0.0470. The normalized spacial score (nSPS) is 10.6. The van der Waals surface area contributed by atoms with Crippen molar-refractivity contribution in [3.63, 3.8) is 0 Å². The van der Waals surface area contributed by atoms with Crippen molar-refractivity contribution in [3.8, 4) is 10.4 Å². The second kappa shape index (κ2) is 6.11. The van der Waals surface area contributed by atoms with Gasteiger partial charge in [-0.05, 0) is 36.8 Å². The molecule has 2 heterocycles. The Hall–Kier alpha value is -2.47. The number of hydrogen-bond acceptors (Lipinski definition) is 5. The highest BCUT2D eigenvalue weighted by Gasteiger charge is 2.13. The average Bonchev–Trinajstić information content (AvgIpc) is 3.15. The summed E-state index contributed by atoms with van der Waals surface area (Å²) in [5, 5.41) is 3.76. The van der Waals surface area contributed by atoms with Crippen LogP contribution in [0.1, 0.15) is 21.1 Å². The molecule has 1 aromatic carbocycles. The molecule has 0 aliphatic carbocycles. The fraction of sp³-hybridized carbons (Fsp3) is 0.125. The van der Waals surface area contributed by atoms with E-state index in [9.17, 15) is 9.18 Å². The van der Waals surface area contributed by atoms with Crippen LogP contribution < -0.4 is 0 Å². The third-order valence-corrected chi connectivity index (χ3v) is 4.08. The van der Waals surface area contributed by atoms with Gasteiger partial charge >= 0.3 is 5.97 Å². The first kappa shape index (κ1) is 14.5. The van der Waals surface area contributed by atoms with Crippen LogP contribution in [0.25, 0.3) is 10.4 Å². The Bertz CT molecular complexity index is 792. The van der Waals surface area contributed by atoms with E-state index >= 15 is 0 Å². The molecular formula is C16H12FNO3S. The number of carbonyl (C=O) groups is 1. The first-order chi connectivity index (χ1) is 10.6. The van der Waals surface area contributed by atoms with Gasteiger partial charge in [0.1, 0.15) is 28.8 Å². The quantitative estimate of drug-likeness (QED) is 0.676. The number of carbonyl (C=O) groups excluding carboxylic acids is 1. The molecule has 6 heteroatoms. The van der Waals surface area contributed by atoms with Gasteiger partial charge in [0.2, 0.25) is 0 Å². The first-order valence-electron chi connectivity index (χ1n) is 6.57. The highest BCUT2D eigenvalue weighted by Crippen LogP contribution is 2.28. The Morgan fingerprint density at radius 3 is 2.73 bits per heavy atom. The molecule has 22 heavy (non-hydrogen) atoms. The number of ether oxygens (including phenoxy) is 1. The Labute approximate surface area is 130 Å². The zero-order valence-corrected chi connectivity index (χ0v) is 12.5. The Kier molecular flexibility index (Phi) is 4.02. The molecule has 0 N–H and O–H groups in total. The number of aromatic nitrogens is 1. The van der Waals surface area contributed by atoms with Crippen LogP contribution >= 0.6 is 11.3 Å². The summed E-state index contributed by atoms with van der Waals surface area (Å²) in [5.41, 5.74) is 1.43. The minimum Gasteiger partial charge on any atom is -0.455 e. The Balaban J connectivity index is 1.67. The van der Waals surface area contributed by atoms with Crippen LogP contribution in [0.3, 0.4) is 0 Å². The zero-order chi connectivity index (χ0) is 15.5. The largest absolute Gasteiger partial charge is 0.455 e. The van der Waals surface area contributed by atoms with E-state index < -0.39 is 5.97 Å². The molecule has 0 atom stereocenters. The summed E-state index contributed by atoms with van der Waals surface area (Å²) in [6.45, 7) is 1.84. The van der Waals surface area contributed by atoms with Gasteiger partial charge in [-0.15, -0.1) is 11.3 Å². The van der Waals surface area contributed by atoms with E-state index in [0.717, 1.165) is 10.4 Å². The van der Waals surface area contributed by atoms with E-state index in [1.165, 1.54) is 23.5 Å². The van der Waals surface area contributed by atoms with Crippen molar-refractivity contribution in [2.45, 2.75) is 13.5 Å². The van der Waals surface area contributed by atoms with Gasteiger partial charge in [-0.1, -0.05) is 17.3 Å². The SMILES string of the molecule is Cc1cc(COC(=O)c2ccc(-c3ccc(F)cc3)s2)no1. The highest BCUT2D eigenvalue weighted by atomic mass is 32.1. The Morgan fingerprint density at radius 2 is 2.05 bits per heavy atom. The van der Waals surface area contributed by atoms with Crippen LogP contribution in [-0.4, -0.2) is 11.1 Å². The van der Waals surface area contributed by atoms with Crippen molar-refractivity contribution in [1.82, 2.24) is 5.16 Å². The average molecular weight is 317 g/mol. The summed E-state index contributed by atoms with van der Waals surface area (Å²) in [4.78, 5) is 13.4. The van der Waals surface area contributed by atoms with Crippen molar-refractivity contribution < 1.29 is 18.4 Å². The fourth-order valence-electron chi connectivity index (χ4n) is 1.91. The zero-order valence-electron chi connectivity index (χ0n) is 11.7. The highest BCUT2D eigenvalue weighted by molar-refractivity contribution is 7.17. The van der Waals surface area contributed by atoms with E-state index in [4.69, 9.17) is 9.26 Å². The van der Waals surface area contributed by atoms with Crippen molar-refractivity contribution >= 4 is 17.3 Å². The number of halogens is 1. The van der Waals surface area contributed by atoms with E-state index in [1.807, 2.05) is 6.07 Å². The summed E-state index contributed by atoms with van der Waals surface area (Å²) in [6, 6.07) is 11.4. The van der Waals surface area contributed by atoms with Crippen LogP contribution in [0.4, 0.5) is 4.39 Å². The van der Waals surface area contributed by atoms with Gasteiger partial charge in [-0.25, -0.2) is 9.18 Å².